The van der Waals surface area contributed by atoms with Crippen molar-refractivity contribution >= 4 is 23.2 Å². The van der Waals surface area contributed by atoms with Crippen molar-refractivity contribution in [2.24, 2.45) is 0 Å². The summed E-state index contributed by atoms with van der Waals surface area (Å²) < 4.78 is 46.3. The van der Waals surface area contributed by atoms with Gasteiger partial charge < -0.3 is 20.5 Å². The highest BCUT2D eigenvalue weighted by atomic mass is 19.4. The predicted molar refractivity (Wildman–Crippen MR) is 120 cm³/mol. The second-order valence-electron chi connectivity index (χ2n) is 8.48. The number of carbonyl (C=O) groups excluding carboxylic acids is 1. The lowest BCUT2D eigenvalue weighted by Crippen LogP contribution is -2.27. The zero-order valence-corrected chi connectivity index (χ0v) is 18.7. The third-order valence-electron chi connectivity index (χ3n) is 5.83. The van der Waals surface area contributed by atoms with E-state index in [9.17, 15) is 23.1 Å². The number of nitrogens with zero attached hydrogens (tertiary/aromatic N) is 2. The standard InChI is InChI=1S/C24H23F3N4O3/c1-23(2)20-13(5-4-6-18(20)29-21(23)33)7-9-16-15(24(25,26)27)12-28-22(30-16)31-17-10-8-14(32)11-19(17)34-3/h4-6,8,10-12,32H,7,9H2,1-3H3,(H,29,33)(H,28,30,31). The van der Waals surface area contributed by atoms with Gasteiger partial charge in [0.15, 0.2) is 0 Å². The van der Waals surface area contributed by atoms with E-state index < -0.39 is 17.2 Å². The molecule has 0 bridgehead atoms. The molecule has 0 fully saturated rings. The van der Waals surface area contributed by atoms with E-state index in [2.05, 4.69) is 20.6 Å². The van der Waals surface area contributed by atoms with Crippen LogP contribution in [0.3, 0.4) is 0 Å². The summed E-state index contributed by atoms with van der Waals surface area (Å²) in [5.74, 6) is 0.0664. The quantitative estimate of drug-likeness (QED) is 0.439. The van der Waals surface area contributed by atoms with E-state index in [4.69, 9.17) is 4.74 Å². The molecule has 0 spiro atoms. The summed E-state index contributed by atoms with van der Waals surface area (Å²) in [4.78, 5) is 20.3. The molecule has 0 saturated heterocycles. The van der Waals surface area contributed by atoms with E-state index in [-0.39, 0.29) is 41.9 Å². The average Bonchev–Trinajstić information content (AvgIpc) is 3.01. The Morgan fingerprint density at radius 3 is 2.65 bits per heavy atom. The number of halogens is 3. The molecule has 0 aliphatic carbocycles. The molecule has 1 amide bonds. The summed E-state index contributed by atoms with van der Waals surface area (Å²) in [6.45, 7) is 3.58. The van der Waals surface area contributed by atoms with Gasteiger partial charge >= 0.3 is 6.18 Å². The van der Waals surface area contributed by atoms with E-state index in [1.165, 1.54) is 25.3 Å². The number of hydrogen-bond acceptors (Lipinski definition) is 6. The van der Waals surface area contributed by atoms with Gasteiger partial charge in [-0.3, -0.25) is 4.79 Å². The van der Waals surface area contributed by atoms with Crippen molar-refractivity contribution in [2.75, 3.05) is 17.7 Å². The van der Waals surface area contributed by atoms with Crippen LogP contribution in [0, 0.1) is 0 Å². The van der Waals surface area contributed by atoms with E-state index in [1.54, 1.807) is 26.0 Å². The normalized spacial score (nSPS) is 14.5. The Balaban J connectivity index is 1.66. The molecule has 1 aromatic heterocycles. The molecule has 178 valence electrons. The summed E-state index contributed by atoms with van der Waals surface area (Å²) in [7, 11) is 1.40. The van der Waals surface area contributed by atoms with Crippen LogP contribution in [0.4, 0.5) is 30.5 Å². The lowest BCUT2D eigenvalue weighted by molar-refractivity contribution is -0.138. The molecule has 0 unspecified atom stereocenters. The fourth-order valence-corrected chi connectivity index (χ4v) is 4.10. The molecule has 3 aromatic rings. The van der Waals surface area contributed by atoms with Gasteiger partial charge in [0.1, 0.15) is 11.5 Å². The Morgan fingerprint density at radius 2 is 1.94 bits per heavy atom. The molecular formula is C24H23F3N4O3. The minimum atomic E-state index is -4.63. The number of phenols is 1. The van der Waals surface area contributed by atoms with Crippen molar-refractivity contribution in [3.05, 3.63) is 65.0 Å². The Bertz CT molecular complexity index is 1260. The van der Waals surface area contributed by atoms with E-state index in [1.807, 2.05) is 6.07 Å². The predicted octanol–water partition coefficient (Wildman–Crippen LogP) is 4.97. The van der Waals surface area contributed by atoms with Gasteiger partial charge in [0.25, 0.3) is 0 Å². The van der Waals surface area contributed by atoms with Crippen LogP contribution < -0.4 is 15.4 Å². The minimum Gasteiger partial charge on any atom is -0.508 e. The van der Waals surface area contributed by atoms with Crippen LogP contribution in [0.2, 0.25) is 0 Å². The van der Waals surface area contributed by atoms with E-state index in [0.29, 0.717) is 11.4 Å². The van der Waals surface area contributed by atoms with Gasteiger partial charge in [-0.05, 0) is 56.0 Å². The van der Waals surface area contributed by atoms with Crippen LogP contribution in [0.1, 0.15) is 36.2 Å². The second-order valence-corrected chi connectivity index (χ2v) is 8.48. The lowest BCUT2D eigenvalue weighted by atomic mass is 9.82. The first-order chi connectivity index (χ1) is 16.0. The van der Waals surface area contributed by atoms with Crippen LogP contribution >= 0.6 is 0 Å². The molecule has 2 aromatic carbocycles. The summed E-state index contributed by atoms with van der Waals surface area (Å²) in [6, 6.07) is 9.64. The molecule has 7 nitrogen and oxygen atoms in total. The highest BCUT2D eigenvalue weighted by Crippen LogP contribution is 2.40. The van der Waals surface area contributed by atoms with Crippen molar-refractivity contribution in [2.45, 2.75) is 38.3 Å². The largest absolute Gasteiger partial charge is 0.508 e. The molecular weight excluding hydrogens is 449 g/mol. The molecule has 0 saturated carbocycles. The Kier molecular flexibility index (Phi) is 5.84. The van der Waals surface area contributed by atoms with Gasteiger partial charge in [-0.25, -0.2) is 9.97 Å². The SMILES string of the molecule is COc1cc(O)ccc1Nc1ncc(C(F)(F)F)c(CCc2cccc3c2C(C)(C)C(=O)N3)n1. The number of carbonyl (C=O) groups is 1. The molecule has 0 radical (unpaired) electrons. The van der Waals surface area contributed by atoms with Gasteiger partial charge in [-0.2, -0.15) is 13.2 Å². The average molecular weight is 472 g/mol. The maximum absolute atomic E-state index is 13.7. The zero-order valence-electron chi connectivity index (χ0n) is 18.7. The van der Waals surface area contributed by atoms with Crippen molar-refractivity contribution in [1.82, 2.24) is 9.97 Å². The first-order valence-electron chi connectivity index (χ1n) is 10.5. The number of anilines is 3. The lowest BCUT2D eigenvalue weighted by Gasteiger charge is -2.20. The maximum atomic E-state index is 13.7. The molecule has 0 atom stereocenters. The monoisotopic (exact) mass is 472 g/mol. The molecule has 10 heteroatoms. The van der Waals surface area contributed by atoms with Crippen molar-refractivity contribution in [3.8, 4) is 11.5 Å². The number of aromatic nitrogens is 2. The van der Waals surface area contributed by atoms with Gasteiger partial charge in [0.2, 0.25) is 11.9 Å². The molecule has 1 aliphatic heterocycles. The highest BCUT2D eigenvalue weighted by molar-refractivity contribution is 6.06. The smallest absolute Gasteiger partial charge is 0.419 e. The van der Waals surface area contributed by atoms with E-state index >= 15 is 0 Å². The Hall–Kier alpha value is -3.82. The van der Waals surface area contributed by atoms with Crippen LogP contribution in [-0.4, -0.2) is 28.1 Å². The number of hydrogen-bond donors (Lipinski definition) is 3. The fourth-order valence-electron chi connectivity index (χ4n) is 4.10. The number of alkyl halides is 3. The number of ether oxygens (including phenoxy) is 1. The third kappa shape index (κ3) is 4.35. The molecule has 34 heavy (non-hydrogen) atoms. The second kappa shape index (κ2) is 8.51. The number of benzene rings is 2. The van der Waals surface area contributed by atoms with E-state index in [0.717, 1.165) is 17.3 Å². The van der Waals surface area contributed by atoms with Crippen molar-refractivity contribution < 1.29 is 27.8 Å². The number of rotatable bonds is 6. The number of aromatic hydroxyl groups is 1. The van der Waals surface area contributed by atoms with Crippen molar-refractivity contribution in [1.29, 1.82) is 0 Å². The van der Waals surface area contributed by atoms with Gasteiger partial charge in [0, 0.05) is 18.0 Å². The Morgan fingerprint density at radius 1 is 1.18 bits per heavy atom. The first-order valence-corrected chi connectivity index (χ1v) is 10.5. The number of nitrogens with one attached hydrogen (secondary N) is 2. The van der Waals surface area contributed by atoms with Crippen molar-refractivity contribution in [3.63, 3.8) is 0 Å². The zero-order chi connectivity index (χ0) is 24.7. The summed E-state index contributed by atoms with van der Waals surface area (Å²) in [5.41, 5.74) is 0.752. The number of phenolic OH excluding ortho intramolecular Hbond substituents is 1. The van der Waals surface area contributed by atoms with Crippen LogP contribution in [0.5, 0.6) is 11.5 Å². The number of aryl methyl sites for hydroxylation is 2. The maximum Gasteiger partial charge on any atom is 0.419 e. The summed E-state index contributed by atoms with van der Waals surface area (Å²) >= 11 is 0. The van der Waals surface area contributed by atoms with Crippen LogP contribution in [0.15, 0.2) is 42.6 Å². The Labute approximate surface area is 194 Å². The molecule has 2 heterocycles. The third-order valence-corrected chi connectivity index (χ3v) is 5.83. The van der Waals surface area contributed by atoms with Crippen LogP contribution in [0.25, 0.3) is 0 Å². The fraction of sp³-hybridized carbons (Fsp3) is 0.292. The minimum absolute atomic E-state index is 0.0144. The first kappa shape index (κ1) is 23.3. The van der Waals surface area contributed by atoms with Gasteiger partial charge in [-0.15, -0.1) is 0 Å². The van der Waals surface area contributed by atoms with Gasteiger partial charge in [0.05, 0.1) is 29.5 Å². The summed E-state index contributed by atoms with van der Waals surface area (Å²) in [5, 5.41) is 15.3. The molecule has 3 N–H and O–H groups in total. The topological polar surface area (TPSA) is 96.4 Å². The molecule has 4 rings (SSSR count). The number of methoxy groups -OCH3 is 1. The van der Waals surface area contributed by atoms with Gasteiger partial charge in [-0.1, -0.05) is 12.1 Å². The molecule has 1 aliphatic rings. The number of amides is 1. The summed E-state index contributed by atoms with van der Waals surface area (Å²) in [6.07, 6.45) is -3.63. The van der Waals surface area contributed by atoms with Crippen LogP contribution in [-0.2, 0) is 29.2 Å². The highest BCUT2D eigenvalue weighted by Gasteiger charge is 2.40. The number of fused-ring (bicyclic) bond motifs is 1.